The summed E-state index contributed by atoms with van der Waals surface area (Å²) < 4.78 is 27.3. The maximum absolute atomic E-state index is 12.9. The number of carbonyl (C=O) groups is 3. The summed E-state index contributed by atoms with van der Waals surface area (Å²) in [5, 5.41) is 0. The molecule has 2 aliphatic rings. The molecular formula is C22H32N4O5S. The van der Waals surface area contributed by atoms with Gasteiger partial charge in [-0.3, -0.25) is 14.4 Å². The summed E-state index contributed by atoms with van der Waals surface area (Å²) in [6.45, 7) is 6.83. The number of benzene rings is 1. The van der Waals surface area contributed by atoms with Gasteiger partial charge in [-0.1, -0.05) is 17.7 Å². The lowest BCUT2D eigenvalue weighted by Crippen LogP contribution is -2.50. The first kappa shape index (κ1) is 24.2. The number of piperazine rings is 1. The molecule has 0 spiro atoms. The van der Waals surface area contributed by atoms with Crippen LogP contribution in [0.2, 0.25) is 0 Å². The molecule has 0 bridgehead atoms. The van der Waals surface area contributed by atoms with Crippen LogP contribution >= 0.6 is 0 Å². The zero-order valence-corrected chi connectivity index (χ0v) is 19.6. The van der Waals surface area contributed by atoms with Gasteiger partial charge < -0.3 is 14.7 Å². The van der Waals surface area contributed by atoms with Crippen molar-refractivity contribution >= 4 is 27.7 Å². The van der Waals surface area contributed by atoms with Gasteiger partial charge in [-0.25, -0.2) is 8.42 Å². The maximum atomic E-state index is 12.9. The SMILES string of the molecule is CC(=O)N1CCN(C(=O)CCC(=O)N2CCCN(S(=O)(=O)c3ccc(C)cc3)CC2)CC1. The topological polar surface area (TPSA) is 98.3 Å². The van der Waals surface area contributed by atoms with Gasteiger partial charge in [0.05, 0.1) is 4.90 Å². The van der Waals surface area contributed by atoms with E-state index in [2.05, 4.69) is 0 Å². The summed E-state index contributed by atoms with van der Waals surface area (Å²) in [7, 11) is -3.60. The maximum Gasteiger partial charge on any atom is 0.243 e. The van der Waals surface area contributed by atoms with Crippen molar-refractivity contribution in [3.8, 4) is 0 Å². The standard InChI is InChI=1S/C22H32N4O5S/c1-18-4-6-20(7-5-18)32(30,31)26-11-3-10-24(16-17-26)21(28)8-9-22(29)25-14-12-23(13-15-25)19(2)27/h4-7H,3,8-17H2,1-2H3. The first-order valence-electron chi connectivity index (χ1n) is 11.1. The molecule has 0 aliphatic carbocycles. The average Bonchev–Trinajstić information content (AvgIpc) is 3.04. The summed E-state index contributed by atoms with van der Waals surface area (Å²) >= 11 is 0. The van der Waals surface area contributed by atoms with Crippen molar-refractivity contribution < 1.29 is 22.8 Å². The van der Waals surface area contributed by atoms with Crippen LogP contribution in [0.4, 0.5) is 0 Å². The Balaban J connectivity index is 1.49. The lowest BCUT2D eigenvalue weighted by Gasteiger charge is -2.34. The molecule has 0 N–H and O–H groups in total. The molecule has 3 amide bonds. The molecule has 0 radical (unpaired) electrons. The summed E-state index contributed by atoms with van der Waals surface area (Å²) in [6, 6.07) is 6.77. The Morgan fingerprint density at radius 2 is 1.25 bits per heavy atom. The third-order valence-electron chi connectivity index (χ3n) is 6.10. The largest absolute Gasteiger partial charge is 0.341 e. The van der Waals surface area contributed by atoms with Crippen LogP contribution in [-0.2, 0) is 24.4 Å². The van der Waals surface area contributed by atoms with Gasteiger partial charge in [0, 0.05) is 72.1 Å². The van der Waals surface area contributed by atoms with Crippen LogP contribution in [0.5, 0.6) is 0 Å². The molecule has 0 unspecified atom stereocenters. The molecule has 1 aromatic rings. The minimum absolute atomic E-state index is 0.00637. The van der Waals surface area contributed by atoms with Gasteiger partial charge in [-0.2, -0.15) is 4.31 Å². The fourth-order valence-electron chi connectivity index (χ4n) is 4.04. The molecule has 0 aromatic heterocycles. The van der Waals surface area contributed by atoms with Gasteiger partial charge in [-0.15, -0.1) is 0 Å². The summed E-state index contributed by atoms with van der Waals surface area (Å²) in [6.07, 6.45) is 0.787. The summed E-state index contributed by atoms with van der Waals surface area (Å²) in [5.74, 6) is -0.206. The van der Waals surface area contributed by atoms with E-state index >= 15 is 0 Å². The number of hydrogen-bond acceptors (Lipinski definition) is 5. The second-order valence-corrected chi connectivity index (χ2v) is 10.3. The third kappa shape index (κ3) is 5.86. The van der Waals surface area contributed by atoms with E-state index in [1.54, 1.807) is 39.0 Å². The molecule has 32 heavy (non-hydrogen) atoms. The fraction of sp³-hybridized carbons (Fsp3) is 0.591. The van der Waals surface area contributed by atoms with Crippen LogP contribution in [0.3, 0.4) is 0 Å². The molecule has 0 atom stereocenters. The van der Waals surface area contributed by atoms with Gasteiger partial charge in [-0.05, 0) is 25.5 Å². The fourth-order valence-corrected chi connectivity index (χ4v) is 5.51. The predicted octanol–water partition coefficient (Wildman–Crippen LogP) is 0.689. The van der Waals surface area contributed by atoms with Crippen LogP contribution < -0.4 is 0 Å². The summed E-state index contributed by atoms with van der Waals surface area (Å²) in [5.41, 5.74) is 0.992. The van der Waals surface area contributed by atoms with Crippen molar-refractivity contribution in [1.82, 2.24) is 19.0 Å². The minimum Gasteiger partial charge on any atom is -0.341 e. The Morgan fingerprint density at radius 1 is 0.750 bits per heavy atom. The van der Waals surface area contributed by atoms with Crippen LogP contribution in [0.25, 0.3) is 0 Å². The molecule has 176 valence electrons. The van der Waals surface area contributed by atoms with Crippen LogP contribution in [0.15, 0.2) is 29.2 Å². The number of nitrogens with zero attached hydrogens (tertiary/aromatic N) is 4. The van der Waals surface area contributed by atoms with E-state index in [9.17, 15) is 22.8 Å². The zero-order valence-electron chi connectivity index (χ0n) is 18.8. The van der Waals surface area contributed by atoms with Crippen molar-refractivity contribution in [3.05, 3.63) is 29.8 Å². The number of hydrogen-bond donors (Lipinski definition) is 0. The molecule has 2 heterocycles. The molecule has 10 heteroatoms. The van der Waals surface area contributed by atoms with Crippen molar-refractivity contribution in [2.45, 2.75) is 38.0 Å². The van der Waals surface area contributed by atoms with Gasteiger partial charge in [0.1, 0.15) is 0 Å². The molecule has 9 nitrogen and oxygen atoms in total. The second-order valence-electron chi connectivity index (χ2n) is 8.34. The minimum atomic E-state index is -3.60. The van der Waals surface area contributed by atoms with E-state index < -0.39 is 10.0 Å². The van der Waals surface area contributed by atoms with Crippen LogP contribution in [0.1, 0.15) is 31.7 Å². The Labute approximate surface area is 190 Å². The van der Waals surface area contributed by atoms with Gasteiger partial charge in [0.2, 0.25) is 27.7 Å². The van der Waals surface area contributed by atoms with E-state index in [4.69, 9.17) is 0 Å². The smallest absolute Gasteiger partial charge is 0.243 e. The Morgan fingerprint density at radius 3 is 1.81 bits per heavy atom. The number of amides is 3. The Bertz CT molecular complexity index is 940. The average molecular weight is 465 g/mol. The van der Waals surface area contributed by atoms with Gasteiger partial charge >= 0.3 is 0 Å². The van der Waals surface area contributed by atoms with E-state index in [1.807, 2.05) is 6.92 Å². The number of sulfonamides is 1. The molecule has 0 saturated carbocycles. The Hall–Kier alpha value is -2.46. The molecule has 2 fully saturated rings. The Kier molecular flexibility index (Phi) is 7.89. The molecule has 1 aromatic carbocycles. The highest BCUT2D eigenvalue weighted by Crippen LogP contribution is 2.19. The van der Waals surface area contributed by atoms with E-state index in [0.29, 0.717) is 52.2 Å². The first-order chi connectivity index (χ1) is 15.2. The monoisotopic (exact) mass is 464 g/mol. The lowest BCUT2D eigenvalue weighted by molar-refractivity contribution is -0.140. The van der Waals surface area contributed by atoms with Gasteiger partial charge in [0.15, 0.2) is 0 Å². The van der Waals surface area contributed by atoms with E-state index in [-0.39, 0.29) is 42.0 Å². The highest BCUT2D eigenvalue weighted by Gasteiger charge is 2.29. The van der Waals surface area contributed by atoms with Crippen LogP contribution in [0, 0.1) is 6.92 Å². The van der Waals surface area contributed by atoms with E-state index in [1.165, 1.54) is 11.2 Å². The normalized spacial score (nSPS) is 18.4. The molecule has 3 rings (SSSR count). The highest BCUT2D eigenvalue weighted by atomic mass is 32.2. The van der Waals surface area contributed by atoms with Gasteiger partial charge in [0.25, 0.3) is 0 Å². The van der Waals surface area contributed by atoms with Crippen molar-refractivity contribution in [2.75, 3.05) is 52.4 Å². The quantitative estimate of drug-likeness (QED) is 0.639. The second kappa shape index (κ2) is 10.4. The highest BCUT2D eigenvalue weighted by molar-refractivity contribution is 7.89. The first-order valence-corrected chi connectivity index (χ1v) is 12.5. The zero-order chi connectivity index (χ0) is 23.3. The van der Waals surface area contributed by atoms with Crippen LogP contribution in [-0.4, -0.2) is 97.5 Å². The van der Waals surface area contributed by atoms with E-state index in [0.717, 1.165) is 5.56 Å². The predicted molar refractivity (Wildman–Crippen MR) is 119 cm³/mol. The number of aryl methyl sites for hydroxylation is 1. The molecule has 2 saturated heterocycles. The number of rotatable bonds is 5. The van der Waals surface area contributed by atoms with Crippen molar-refractivity contribution in [1.29, 1.82) is 0 Å². The molecular weight excluding hydrogens is 432 g/mol. The third-order valence-corrected chi connectivity index (χ3v) is 8.01. The lowest BCUT2D eigenvalue weighted by atomic mass is 10.2. The van der Waals surface area contributed by atoms with Crippen molar-refractivity contribution in [2.24, 2.45) is 0 Å². The van der Waals surface area contributed by atoms with Crippen molar-refractivity contribution in [3.63, 3.8) is 0 Å². The number of carbonyl (C=O) groups excluding carboxylic acids is 3. The summed E-state index contributed by atoms with van der Waals surface area (Å²) in [4.78, 5) is 41.9. The molecule has 2 aliphatic heterocycles.